The summed E-state index contributed by atoms with van der Waals surface area (Å²) >= 11 is 3.52. The van der Waals surface area contributed by atoms with E-state index in [0.717, 1.165) is 41.6 Å². The first-order valence-electron chi connectivity index (χ1n) is 7.97. The van der Waals surface area contributed by atoms with Crippen molar-refractivity contribution in [2.24, 2.45) is 5.73 Å². The normalized spacial score (nSPS) is 30.0. The van der Waals surface area contributed by atoms with Gasteiger partial charge in [-0.25, -0.2) is 0 Å². The van der Waals surface area contributed by atoms with E-state index in [9.17, 15) is 0 Å². The highest BCUT2D eigenvalue weighted by Gasteiger charge is 2.41. The van der Waals surface area contributed by atoms with Crippen LogP contribution in [-0.4, -0.2) is 29.6 Å². The third-order valence-corrected chi connectivity index (χ3v) is 5.45. The lowest BCUT2D eigenvalue weighted by molar-refractivity contribution is 0.0210. The van der Waals surface area contributed by atoms with Gasteiger partial charge in [-0.15, -0.1) is 0 Å². The molecule has 0 aromatic heterocycles. The molecule has 2 aliphatic rings. The van der Waals surface area contributed by atoms with Crippen molar-refractivity contribution in [3.63, 3.8) is 0 Å². The van der Waals surface area contributed by atoms with Gasteiger partial charge in [0.15, 0.2) is 0 Å². The van der Waals surface area contributed by atoms with E-state index in [-0.39, 0.29) is 11.6 Å². The Morgan fingerprint density at radius 3 is 2.90 bits per heavy atom. The zero-order valence-corrected chi connectivity index (χ0v) is 14.5. The molecule has 2 aliphatic heterocycles. The van der Waals surface area contributed by atoms with Crippen LogP contribution in [0.15, 0.2) is 22.7 Å². The molecule has 0 aliphatic carbocycles. The summed E-state index contributed by atoms with van der Waals surface area (Å²) in [6.07, 6.45) is 4.31. The van der Waals surface area contributed by atoms with E-state index in [4.69, 9.17) is 10.5 Å². The number of ether oxygens (including phenoxy) is 1. The fourth-order valence-corrected chi connectivity index (χ4v) is 4.08. The average Bonchev–Trinajstić information content (AvgIpc) is 2.63. The summed E-state index contributed by atoms with van der Waals surface area (Å²) in [7, 11) is 0. The Morgan fingerprint density at radius 1 is 1.33 bits per heavy atom. The monoisotopic (exact) mass is 352 g/mol. The Balaban J connectivity index is 1.82. The van der Waals surface area contributed by atoms with Crippen LogP contribution in [0.3, 0.4) is 0 Å². The van der Waals surface area contributed by atoms with Gasteiger partial charge in [-0.05, 0) is 57.9 Å². The second kappa shape index (κ2) is 5.90. The first-order valence-corrected chi connectivity index (χ1v) is 8.76. The van der Waals surface area contributed by atoms with Crippen molar-refractivity contribution in [3.05, 3.63) is 28.2 Å². The standard InChI is InChI=1S/C17H25BrN2O/c1-12(2)20-8-3-6-17(7-9-20)11-15(19)14-10-13(18)4-5-16(14)21-17/h4-5,10,12,15H,3,6-9,11,19H2,1-2H3. The number of benzene rings is 1. The van der Waals surface area contributed by atoms with Crippen LogP contribution >= 0.6 is 15.9 Å². The van der Waals surface area contributed by atoms with E-state index < -0.39 is 0 Å². The molecule has 2 unspecified atom stereocenters. The lowest BCUT2D eigenvalue weighted by atomic mass is 9.82. The van der Waals surface area contributed by atoms with Crippen LogP contribution in [0.5, 0.6) is 5.75 Å². The number of nitrogens with zero attached hydrogens (tertiary/aromatic N) is 1. The molecule has 0 bridgehead atoms. The Kier molecular flexibility index (Phi) is 4.30. The van der Waals surface area contributed by atoms with Gasteiger partial charge < -0.3 is 15.4 Å². The second-order valence-corrected chi connectivity index (χ2v) is 7.68. The van der Waals surface area contributed by atoms with E-state index >= 15 is 0 Å². The summed E-state index contributed by atoms with van der Waals surface area (Å²) in [6.45, 7) is 6.83. The third kappa shape index (κ3) is 3.13. The highest BCUT2D eigenvalue weighted by molar-refractivity contribution is 9.10. The molecule has 1 aromatic carbocycles. The largest absolute Gasteiger partial charge is 0.487 e. The van der Waals surface area contributed by atoms with Crippen molar-refractivity contribution in [3.8, 4) is 5.75 Å². The van der Waals surface area contributed by atoms with E-state index in [1.54, 1.807) is 0 Å². The molecule has 1 saturated heterocycles. The van der Waals surface area contributed by atoms with Gasteiger partial charge in [-0.3, -0.25) is 0 Å². The summed E-state index contributed by atoms with van der Waals surface area (Å²) in [5.74, 6) is 0.981. The predicted octanol–water partition coefficient (Wildman–Crippen LogP) is 3.86. The molecular formula is C17H25BrN2O. The van der Waals surface area contributed by atoms with Crippen molar-refractivity contribution >= 4 is 15.9 Å². The molecule has 2 N–H and O–H groups in total. The molecule has 0 amide bonds. The van der Waals surface area contributed by atoms with Gasteiger partial charge in [0, 0.05) is 35.1 Å². The van der Waals surface area contributed by atoms with E-state index in [1.807, 2.05) is 6.07 Å². The van der Waals surface area contributed by atoms with Crippen LogP contribution < -0.4 is 10.5 Å². The number of hydrogen-bond acceptors (Lipinski definition) is 3. The Bertz CT molecular complexity index is 520. The molecule has 4 heteroatoms. The van der Waals surface area contributed by atoms with Gasteiger partial charge in [0.05, 0.1) is 0 Å². The molecule has 1 aromatic rings. The van der Waals surface area contributed by atoms with Gasteiger partial charge in [0.2, 0.25) is 0 Å². The Labute approximate surface area is 136 Å². The minimum atomic E-state index is -0.0656. The SMILES string of the molecule is CC(C)N1CCCC2(CC1)CC(N)c1cc(Br)ccc1O2. The van der Waals surface area contributed by atoms with Crippen LogP contribution in [0.25, 0.3) is 0 Å². The zero-order chi connectivity index (χ0) is 15.0. The van der Waals surface area contributed by atoms with Crippen LogP contribution in [0, 0.1) is 0 Å². The predicted molar refractivity (Wildman–Crippen MR) is 89.6 cm³/mol. The fraction of sp³-hybridized carbons (Fsp3) is 0.647. The van der Waals surface area contributed by atoms with Gasteiger partial charge in [-0.1, -0.05) is 15.9 Å². The molecule has 0 saturated carbocycles. The smallest absolute Gasteiger partial charge is 0.124 e. The minimum absolute atomic E-state index is 0.0656. The molecule has 0 radical (unpaired) electrons. The first kappa shape index (κ1) is 15.3. The van der Waals surface area contributed by atoms with Gasteiger partial charge in [0.25, 0.3) is 0 Å². The number of fused-ring (bicyclic) bond motifs is 1. The quantitative estimate of drug-likeness (QED) is 0.833. The van der Waals surface area contributed by atoms with Gasteiger partial charge in [-0.2, -0.15) is 0 Å². The Hall–Kier alpha value is -0.580. The van der Waals surface area contributed by atoms with Gasteiger partial charge in [0.1, 0.15) is 11.4 Å². The van der Waals surface area contributed by atoms with E-state index in [2.05, 4.69) is 46.8 Å². The van der Waals surface area contributed by atoms with Crippen LogP contribution in [0.1, 0.15) is 51.1 Å². The lowest BCUT2D eigenvalue weighted by Gasteiger charge is -2.41. The number of hydrogen-bond donors (Lipinski definition) is 1. The number of nitrogens with two attached hydrogens (primary N) is 1. The number of rotatable bonds is 1. The summed E-state index contributed by atoms with van der Waals surface area (Å²) in [6, 6.07) is 6.90. The maximum absolute atomic E-state index is 6.47. The highest BCUT2D eigenvalue weighted by atomic mass is 79.9. The van der Waals surface area contributed by atoms with E-state index in [1.165, 1.54) is 13.0 Å². The minimum Gasteiger partial charge on any atom is -0.487 e. The molecule has 1 fully saturated rings. The van der Waals surface area contributed by atoms with E-state index in [0.29, 0.717) is 6.04 Å². The average molecular weight is 353 g/mol. The second-order valence-electron chi connectivity index (χ2n) is 6.76. The molecule has 3 nitrogen and oxygen atoms in total. The number of halogens is 1. The summed E-state index contributed by atoms with van der Waals surface area (Å²) in [5.41, 5.74) is 7.53. The molecule has 1 spiro atoms. The summed E-state index contributed by atoms with van der Waals surface area (Å²) < 4.78 is 7.54. The third-order valence-electron chi connectivity index (χ3n) is 4.95. The first-order chi connectivity index (χ1) is 9.99. The Morgan fingerprint density at radius 2 is 2.14 bits per heavy atom. The molecule has 2 heterocycles. The molecule has 2 atom stereocenters. The molecule has 3 rings (SSSR count). The van der Waals surface area contributed by atoms with Crippen LogP contribution in [0.4, 0.5) is 0 Å². The highest BCUT2D eigenvalue weighted by Crippen LogP contribution is 2.44. The van der Waals surface area contributed by atoms with Crippen molar-refractivity contribution in [2.45, 2.75) is 57.2 Å². The molecule has 21 heavy (non-hydrogen) atoms. The number of likely N-dealkylation sites (tertiary alicyclic amines) is 1. The lowest BCUT2D eigenvalue weighted by Crippen LogP contribution is -2.44. The zero-order valence-electron chi connectivity index (χ0n) is 12.9. The fourth-order valence-electron chi connectivity index (χ4n) is 3.70. The van der Waals surface area contributed by atoms with Crippen molar-refractivity contribution in [1.82, 2.24) is 4.90 Å². The van der Waals surface area contributed by atoms with Crippen LogP contribution in [0.2, 0.25) is 0 Å². The topological polar surface area (TPSA) is 38.5 Å². The van der Waals surface area contributed by atoms with Crippen molar-refractivity contribution < 1.29 is 4.74 Å². The molecule has 116 valence electrons. The maximum Gasteiger partial charge on any atom is 0.124 e. The van der Waals surface area contributed by atoms with Crippen LogP contribution in [-0.2, 0) is 0 Å². The summed E-state index contributed by atoms with van der Waals surface area (Å²) in [4.78, 5) is 2.56. The molecular weight excluding hydrogens is 328 g/mol. The van der Waals surface area contributed by atoms with Crippen molar-refractivity contribution in [2.75, 3.05) is 13.1 Å². The van der Waals surface area contributed by atoms with Gasteiger partial charge >= 0.3 is 0 Å². The summed E-state index contributed by atoms with van der Waals surface area (Å²) in [5, 5.41) is 0. The maximum atomic E-state index is 6.47. The van der Waals surface area contributed by atoms with Crippen molar-refractivity contribution in [1.29, 1.82) is 0 Å².